The summed E-state index contributed by atoms with van der Waals surface area (Å²) in [4.78, 5) is 11.0. The van der Waals surface area contributed by atoms with Crippen molar-refractivity contribution in [2.75, 3.05) is 12.5 Å². The van der Waals surface area contributed by atoms with Gasteiger partial charge in [-0.1, -0.05) is 13.0 Å². The molecule has 0 spiro atoms. The van der Waals surface area contributed by atoms with Gasteiger partial charge < -0.3 is 14.3 Å². The fourth-order valence-electron chi connectivity index (χ4n) is 2.65. The Labute approximate surface area is 111 Å². The van der Waals surface area contributed by atoms with Crippen LogP contribution in [0.4, 0.5) is 0 Å². The molecule has 102 valence electrons. The number of ether oxygens (including phenoxy) is 2. The molecular formula is C13H14O5S. The van der Waals surface area contributed by atoms with E-state index in [2.05, 4.69) is 0 Å². The minimum absolute atomic E-state index is 0.0586. The number of sulfone groups is 1. The molecular weight excluding hydrogens is 268 g/mol. The summed E-state index contributed by atoms with van der Waals surface area (Å²) >= 11 is 0. The lowest BCUT2D eigenvalue weighted by Gasteiger charge is -2.02. The Bertz CT molecular complexity index is 622. The van der Waals surface area contributed by atoms with E-state index in [1.165, 1.54) is 0 Å². The quantitative estimate of drug-likeness (QED) is 0.774. The van der Waals surface area contributed by atoms with E-state index in [1.807, 2.05) is 0 Å². The van der Waals surface area contributed by atoms with Gasteiger partial charge in [0.1, 0.15) is 6.29 Å². The van der Waals surface area contributed by atoms with Crippen molar-refractivity contribution in [1.29, 1.82) is 0 Å². The van der Waals surface area contributed by atoms with Crippen molar-refractivity contribution in [2.24, 2.45) is 5.92 Å². The fraction of sp³-hybridized carbons (Fsp3) is 0.462. The number of rotatable bonds is 4. The van der Waals surface area contributed by atoms with Crippen molar-refractivity contribution in [3.05, 3.63) is 23.8 Å². The van der Waals surface area contributed by atoms with Gasteiger partial charge in [0.15, 0.2) is 21.3 Å². The molecule has 1 aromatic carbocycles. The summed E-state index contributed by atoms with van der Waals surface area (Å²) in [6.45, 7) is 1.78. The first-order valence-corrected chi connectivity index (χ1v) is 7.86. The van der Waals surface area contributed by atoms with E-state index >= 15 is 0 Å². The van der Waals surface area contributed by atoms with Crippen LogP contribution in [-0.2, 0) is 14.6 Å². The van der Waals surface area contributed by atoms with E-state index in [9.17, 15) is 13.2 Å². The number of fused-ring (bicyclic) bond motifs is 1. The van der Waals surface area contributed by atoms with Crippen molar-refractivity contribution in [3.63, 3.8) is 0 Å². The van der Waals surface area contributed by atoms with Gasteiger partial charge in [-0.15, -0.1) is 0 Å². The Balaban J connectivity index is 1.93. The molecule has 0 bridgehead atoms. The van der Waals surface area contributed by atoms with Crippen LogP contribution < -0.4 is 9.47 Å². The molecule has 0 N–H and O–H groups in total. The Morgan fingerprint density at radius 3 is 2.74 bits per heavy atom. The number of carbonyl (C=O) groups excluding carboxylic acids is 1. The Kier molecular flexibility index (Phi) is 2.78. The van der Waals surface area contributed by atoms with Crippen LogP contribution in [0.1, 0.15) is 18.4 Å². The van der Waals surface area contributed by atoms with Gasteiger partial charge >= 0.3 is 0 Å². The minimum Gasteiger partial charge on any atom is -0.454 e. The number of hydrogen-bond donors (Lipinski definition) is 0. The fourth-order valence-corrected chi connectivity index (χ4v) is 4.45. The largest absolute Gasteiger partial charge is 0.454 e. The van der Waals surface area contributed by atoms with Gasteiger partial charge in [-0.2, -0.15) is 0 Å². The highest BCUT2D eigenvalue weighted by molar-refractivity contribution is 7.92. The summed E-state index contributed by atoms with van der Waals surface area (Å²) in [6, 6.07) is 5.34. The third-order valence-electron chi connectivity index (χ3n) is 3.76. The Morgan fingerprint density at radius 2 is 2.05 bits per heavy atom. The second-order valence-electron chi connectivity index (χ2n) is 4.77. The van der Waals surface area contributed by atoms with E-state index in [-0.39, 0.29) is 18.5 Å². The van der Waals surface area contributed by atoms with Crippen molar-refractivity contribution in [1.82, 2.24) is 0 Å². The predicted molar refractivity (Wildman–Crippen MR) is 68.1 cm³/mol. The highest BCUT2D eigenvalue weighted by atomic mass is 32.2. The van der Waals surface area contributed by atoms with Crippen LogP contribution in [0, 0.1) is 5.92 Å². The summed E-state index contributed by atoms with van der Waals surface area (Å²) in [5.74, 6) is 0.634. The maximum absolute atomic E-state index is 11.9. The smallest absolute Gasteiger partial charge is 0.231 e. The van der Waals surface area contributed by atoms with Crippen LogP contribution in [-0.4, -0.2) is 32.5 Å². The van der Waals surface area contributed by atoms with E-state index in [4.69, 9.17) is 9.47 Å². The lowest BCUT2D eigenvalue weighted by molar-refractivity contribution is -0.108. The number of benzene rings is 1. The molecule has 0 unspecified atom stereocenters. The highest BCUT2D eigenvalue weighted by Gasteiger charge is 2.58. The molecule has 1 aromatic rings. The second kappa shape index (κ2) is 4.23. The predicted octanol–water partition coefficient (Wildman–Crippen LogP) is 1.13. The minimum atomic E-state index is -3.20. The average Bonchev–Trinajstić information content (AvgIpc) is 2.99. The van der Waals surface area contributed by atoms with Gasteiger partial charge in [-0.3, -0.25) is 0 Å². The molecule has 0 aromatic heterocycles. The molecule has 1 fully saturated rings. The van der Waals surface area contributed by atoms with Gasteiger partial charge in [-0.25, -0.2) is 8.42 Å². The molecule has 3 atom stereocenters. The van der Waals surface area contributed by atoms with Gasteiger partial charge in [0.2, 0.25) is 6.79 Å². The molecule has 6 heteroatoms. The van der Waals surface area contributed by atoms with E-state index in [1.54, 1.807) is 25.1 Å². The lowest BCUT2D eigenvalue weighted by atomic mass is 10.1. The molecule has 2 aliphatic rings. The maximum atomic E-state index is 11.9. The Morgan fingerprint density at radius 1 is 1.32 bits per heavy atom. The molecule has 19 heavy (non-hydrogen) atoms. The first kappa shape index (κ1) is 12.5. The molecule has 1 aliphatic heterocycles. The summed E-state index contributed by atoms with van der Waals surface area (Å²) in [5, 5.41) is -0.588. The molecule has 1 aliphatic carbocycles. The number of carbonyl (C=O) groups is 1. The summed E-state index contributed by atoms with van der Waals surface area (Å²) < 4.78 is 34.4. The van der Waals surface area contributed by atoms with Crippen molar-refractivity contribution >= 4 is 16.1 Å². The van der Waals surface area contributed by atoms with Crippen molar-refractivity contribution < 1.29 is 22.7 Å². The van der Waals surface area contributed by atoms with Crippen molar-refractivity contribution in [2.45, 2.75) is 18.1 Å². The number of aldehydes is 1. The highest BCUT2D eigenvalue weighted by Crippen LogP contribution is 2.52. The van der Waals surface area contributed by atoms with Gasteiger partial charge in [0.05, 0.1) is 5.25 Å². The maximum Gasteiger partial charge on any atom is 0.231 e. The van der Waals surface area contributed by atoms with Gasteiger partial charge in [0.25, 0.3) is 0 Å². The zero-order chi connectivity index (χ0) is 13.6. The zero-order valence-electron chi connectivity index (χ0n) is 10.4. The summed E-state index contributed by atoms with van der Waals surface area (Å²) in [7, 11) is -3.20. The van der Waals surface area contributed by atoms with E-state index < -0.39 is 21.0 Å². The standard InChI is InChI=1S/C13H14O5S/c1-2-19(15,16)13-9(6-14)12(13)8-3-4-10-11(5-8)18-7-17-10/h3-6,9,12-13H,2,7H2,1H3/t9-,12-,13-/m0/s1. The van der Waals surface area contributed by atoms with Crippen LogP contribution in [0.5, 0.6) is 11.5 Å². The first-order valence-electron chi connectivity index (χ1n) is 6.15. The molecule has 1 heterocycles. The van der Waals surface area contributed by atoms with Crippen LogP contribution in [0.3, 0.4) is 0 Å². The van der Waals surface area contributed by atoms with E-state index in [0.29, 0.717) is 11.5 Å². The van der Waals surface area contributed by atoms with Crippen molar-refractivity contribution in [3.8, 4) is 11.5 Å². The summed E-state index contributed by atoms with van der Waals surface area (Å²) in [6.07, 6.45) is 0.743. The SMILES string of the molecule is CCS(=O)(=O)[C@H]1[C@@H](C=O)[C@@H]1c1ccc2c(c1)OCO2. The summed E-state index contributed by atoms with van der Waals surface area (Å²) in [5.41, 5.74) is 0.823. The Hall–Kier alpha value is -1.56. The molecule has 0 amide bonds. The van der Waals surface area contributed by atoms with E-state index in [0.717, 1.165) is 11.8 Å². The van der Waals surface area contributed by atoms with Crippen LogP contribution >= 0.6 is 0 Å². The molecule has 1 saturated carbocycles. The van der Waals surface area contributed by atoms with Crippen LogP contribution in [0.25, 0.3) is 0 Å². The van der Waals surface area contributed by atoms with Gasteiger partial charge in [0, 0.05) is 17.6 Å². The topological polar surface area (TPSA) is 69.7 Å². The average molecular weight is 282 g/mol. The molecule has 3 rings (SSSR count). The third-order valence-corrected chi connectivity index (χ3v) is 6.00. The first-order chi connectivity index (χ1) is 9.08. The van der Waals surface area contributed by atoms with Gasteiger partial charge in [-0.05, 0) is 17.7 Å². The molecule has 5 nitrogen and oxygen atoms in total. The lowest BCUT2D eigenvalue weighted by Crippen LogP contribution is -2.12. The zero-order valence-corrected chi connectivity index (χ0v) is 11.2. The van der Waals surface area contributed by atoms with Crippen LogP contribution in [0.15, 0.2) is 18.2 Å². The second-order valence-corrected chi connectivity index (χ2v) is 7.22. The molecule has 0 radical (unpaired) electrons. The third kappa shape index (κ3) is 1.90. The van der Waals surface area contributed by atoms with Crippen LogP contribution in [0.2, 0.25) is 0 Å². The number of hydrogen-bond acceptors (Lipinski definition) is 5. The monoisotopic (exact) mass is 282 g/mol. The normalized spacial score (nSPS) is 28.2. The molecule has 0 saturated heterocycles.